The lowest BCUT2D eigenvalue weighted by Gasteiger charge is -2.03. The molecular formula is C10H5F3O3. The first-order valence-electron chi connectivity index (χ1n) is 4.23. The van der Waals surface area contributed by atoms with E-state index in [2.05, 4.69) is 4.74 Å². The molecule has 0 amide bonds. The van der Waals surface area contributed by atoms with E-state index in [9.17, 15) is 18.0 Å². The van der Waals surface area contributed by atoms with E-state index in [1.54, 1.807) is 6.07 Å². The summed E-state index contributed by atoms with van der Waals surface area (Å²) in [5.74, 6) is -0.684. The normalized spacial score (nSPS) is 11.7. The van der Waals surface area contributed by atoms with Gasteiger partial charge in [-0.1, -0.05) is 12.1 Å². The number of hydrogen-bond acceptors (Lipinski definition) is 3. The maximum absolute atomic E-state index is 11.9. The van der Waals surface area contributed by atoms with Crippen molar-refractivity contribution in [2.75, 3.05) is 0 Å². The van der Waals surface area contributed by atoms with Crippen LogP contribution in [0.2, 0.25) is 0 Å². The molecule has 0 atom stereocenters. The maximum atomic E-state index is 11.9. The Bertz CT molecular complexity index is 528. The van der Waals surface area contributed by atoms with Crippen molar-refractivity contribution in [1.82, 2.24) is 0 Å². The molecule has 1 aromatic heterocycles. The topological polar surface area (TPSA) is 39.4 Å². The van der Waals surface area contributed by atoms with Gasteiger partial charge in [-0.25, -0.2) is 0 Å². The summed E-state index contributed by atoms with van der Waals surface area (Å²) in [5.41, 5.74) is 0.256. The lowest BCUT2D eigenvalue weighted by Crippen LogP contribution is -2.16. The number of fused-ring (bicyclic) bond motifs is 1. The number of alkyl halides is 3. The van der Waals surface area contributed by atoms with Crippen LogP contribution in [-0.4, -0.2) is 12.6 Å². The zero-order valence-electron chi connectivity index (χ0n) is 7.75. The minimum absolute atomic E-state index is 0.0803. The number of para-hydroxylation sites is 1. The third-order valence-corrected chi connectivity index (χ3v) is 1.90. The summed E-state index contributed by atoms with van der Waals surface area (Å²) < 4.78 is 44.1. The first kappa shape index (κ1) is 10.5. The van der Waals surface area contributed by atoms with E-state index in [0.717, 1.165) is 6.07 Å². The highest BCUT2D eigenvalue weighted by molar-refractivity contribution is 5.95. The van der Waals surface area contributed by atoms with Crippen LogP contribution in [0, 0.1) is 0 Å². The molecule has 0 aliphatic carbocycles. The van der Waals surface area contributed by atoms with Gasteiger partial charge in [-0.3, -0.25) is 4.79 Å². The number of ether oxygens (including phenoxy) is 1. The number of rotatable bonds is 2. The number of benzene rings is 1. The number of furan rings is 1. The van der Waals surface area contributed by atoms with Gasteiger partial charge in [0.2, 0.25) is 0 Å². The minimum atomic E-state index is -4.81. The molecule has 3 nitrogen and oxygen atoms in total. The Labute approximate surface area is 87.4 Å². The van der Waals surface area contributed by atoms with Crippen LogP contribution in [0.3, 0.4) is 0 Å². The monoisotopic (exact) mass is 230 g/mol. The van der Waals surface area contributed by atoms with E-state index in [1.165, 1.54) is 12.1 Å². The zero-order chi connectivity index (χ0) is 11.8. The lowest BCUT2D eigenvalue weighted by molar-refractivity contribution is -0.280. The van der Waals surface area contributed by atoms with Gasteiger partial charge in [0.05, 0.1) is 5.56 Å². The second kappa shape index (κ2) is 3.55. The Morgan fingerprint density at radius 1 is 1.31 bits per heavy atom. The standard InChI is InChI=1S/C10H5F3O3/c11-10(12,13)16-8-4-6-2-1-3-7(5-14)9(6)15-8/h1-5H. The summed E-state index contributed by atoms with van der Waals surface area (Å²) >= 11 is 0. The maximum Gasteiger partial charge on any atom is 0.575 e. The van der Waals surface area contributed by atoms with Crippen LogP contribution in [0.15, 0.2) is 28.7 Å². The predicted molar refractivity (Wildman–Crippen MR) is 48.3 cm³/mol. The SMILES string of the molecule is O=Cc1cccc2cc(OC(F)(F)F)oc12. The predicted octanol–water partition coefficient (Wildman–Crippen LogP) is 3.14. The van der Waals surface area contributed by atoms with Crippen LogP contribution < -0.4 is 4.74 Å². The van der Waals surface area contributed by atoms with Crippen molar-refractivity contribution in [2.45, 2.75) is 6.36 Å². The first-order valence-corrected chi connectivity index (χ1v) is 4.23. The van der Waals surface area contributed by atoms with Crippen molar-refractivity contribution in [3.63, 3.8) is 0 Å². The molecule has 0 bridgehead atoms. The molecular weight excluding hydrogens is 225 g/mol. The fraction of sp³-hybridized carbons (Fsp3) is 0.100. The fourth-order valence-corrected chi connectivity index (χ4v) is 1.32. The quantitative estimate of drug-likeness (QED) is 0.744. The molecule has 6 heteroatoms. The molecule has 0 unspecified atom stereocenters. The van der Waals surface area contributed by atoms with Crippen LogP contribution in [-0.2, 0) is 0 Å². The second-order valence-corrected chi connectivity index (χ2v) is 3.00. The summed E-state index contributed by atoms with van der Waals surface area (Å²) in [7, 11) is 0. The Hall–Kier alpha value is -1.98. The number of hydrogen-bond donors (Lipinski definition) is 0. The van der Waals surface area contributed by atoms with E-state index >= 15 is 0 Å². The molecule has 16 heavy (non-hydrogen) atoms. The van der Waals surface area contributed by atoms with Crippen LogP contribution >= 0.6 is 0 Å². The van der Waals surface area contributed by atoms with Gasteiger partial charge in [0.25, 0.3) is 5.95 Å². The molecule has 0 fully saturated rings. The number of halogens is 3. The highest BCUT2D eigenvalue weighted by atomic mass is 19.4. The third-order valence-electron chi connectivity index (χ3n) is 1.90. The van der Waals surface area contributed by atoms with Crippen molar-refractivity contribution in [3.05, 3.63) is 29.8 Å². The van der Waals surface area contributed by atoms with Crippen molar-refractivity contribution in [1.29, 1.82) is 0 Å². The van der Waals surface area contributed by atoms with Gasteiger partial charge < -0.3 is 9.15 Å². The Balaban J connectivity index is 2.48. The van der Waals surface area contributed by atoms with Gasteiger partial charge in [0, 0.05) is 11.5 Å². The molecule has 2 rings (SSSR count). The molecule has 1 aromatic carbocycles. The van der Waals surface area contributed by atoms with Crippen molar-refractivity contribution in [3.8, 4) is 5.95 Å². The lowest BCUT2D eigenvalue weighted by atomic mass is 10.2. The van der Waals surface area contributed by atoms with Crippen LogP contribution in [0.25, 0.3) is 11.0 Å². The van der Waals surface area contributed by atoms with Crippen molar-refractivity contribution < 1.29 is 27.1 Å². The zero-order valence-corrected chi connectivity index (χ0v) is 7.75. The fourth-order valence-electron chi connectivity index (χ4n) is 1.32. The van der Waals surface area contributed by atoms with Crippen LogP contribution in [0.5, 0.6) is 5.95 Å². The molecule has 0 spiro atoms. The Kier molecular flexibility index (Phi) is 2.34. The highest BCUT2D eigenvalue weighted by Crippen LogP contribution is 2.30. The smallest absolute Gasteiger partial charge is 0.425 e. The third kappa shape index (κ3) is 2.00. The van der Waals surface area contributed by atoms with Crippen LogP contribution in [0.4, 0.5) is 13.2 Å². The van der Waals surface area contributed by atoms with E-state index in [-0.39, 0.29) is 11.1 Å². The van der Waals surface area contributed by atoms with Gasteiger partial charge in [-0.15, -0.1) is 13.2 Å². The first-order chi connectivity index (χ1) is 7.49. The van der Waals surface area contributed by atoms with Gasteiger partial charge in [-0.05, 0) is 6.07 Å². The average Bonchev–Trinajstić information content (AvgIpc) is 2.56. The van der Waals surface area contributed by atoms with Crippen molar-refractivity contribution in [2.24, 2.45) is 0 Å². The van der Waals surface area contributed by atoms with Gasteiger partial charge in [0.15, 0.2) is 6.29 Å². The summed E-state index contributed by atoms with van der Waals surface area (Å²) in [6, 6.07) is 5.58. The summed E-state index contributed by atoms with van der Waals surface area (Å²) in [5, 5.41) is 0.379. The minimum Gasteiger partial charge on any atom is -0.425 e. The molecule has 0 aliphatic heterocycles. The molecule has 2 aromatic rings. The molecule has 0 radical (unpaired) electrons. The van der Waals surface area contributed by atoms with Crippen LogP contribution in [0.1, 0.15) is 10.4 Å². The molecule has 0 aliphatic rings. The average molecular weight is 230 g/mol. The summed E-state index contributed by atoms with van der Waals surface area (Å²) in [6.45, 7) is 0. The van der Waals surface area contributed by atoms with Gasteiger partial charge in [0.1, 0.15) is 5.58 Å². The molecule has 1 heterocycles. The molecule has 0 N–H and O–H groups in total. The highest BCUT2D eigenvalue weighted by Gasteiger charge is 2.32. The largest absolute Gasteiger partial charge is 0.575 e. The van der Waals surface area contributed by atoms with E-state index in [4.69, 9.17) is 4.42 Å². The number of carbonyl (C=O) groups is 1. The molecule has 84 valence electrons. The second-order valence-electron chi connectivity index (χ2n) is 3.00. The van der Waals surface area contributed by atoms with E-state index < -0.39 is 12.3 Å². The van der Waals surface area contributed by atoms with Gasteiger partial charge >= 0.3 is 6.36 Å². The number of carbonyl (C=O) groups excluding carboxylic acids is 1. The van der Waals surface area contributed by atoms with E-state index in [1.807, 2.05) is 0 Å². The Morgan fingerprint density at radius 2 is 2.06 bits per heavy atom. The summed E-state index contributed by atoms with van der Waals surface area (Å²) in [6.07, 6.45) is -4.31. The Morgan fingerprint density at radius 3 is 2.69 bits per heavy atom. The van der Waals surface area contributed by atoms with E-state index in [0.29, 0.717) is 11.7 Å². The number of aldehydes is 1. The molecule has 0 saturated carbocycles. The summed E-state index contributed by atoms with van der Waals surface area (Å²) in [4.78, 5) is 10.6. The molecule has 0 saturated heterocycles. The van der Waals surface area contributed by atoms with Crippen molar-refractivity contribution >= 4 is 17.3 Å². The van der Waals surface area contributed by atoms with Gasteiger partial charge in [-0.2, -0.15) is 0 Å².